The fourth-order valence-corrected chi connectivity index (χ4v) is 3.39. The van der Waals surface area contributed by atoms with E-state index in [9.17, 15) is 4.55 Å². The topological polar surface area (TPSA) is 48.8 Å². The summed E-state index contributed by atoms with van der Waals surface area (Å²) in [4.78, 5) is 8.61. The van der Waals surface area contributed by atoms with Gasteiger partial charge < -0.3 is 4.55 Å². The molecule has 76 valence electrons. The van der Waals surface area contributed by atoms with E-state index in [-0.39, 0.29) is 0 Å². The summed E-state index contributed by atoms with van der Waals surface area (Å²) in [6, 6.07) is 0. The Labute approximate surface area is 87.1 Å². The zero-order valence-electron chi connectivity index (χ0n) is 8.43. The quantitative estimate of drug-likeness (QED) is 0.660. The third kappa shape index (κ3) is 1.77. The molecule has 0 saturated carbocycles. The Kier molecular flexibility index (Phi) is 2.74. The van der Waals surface area contributed by atoms with Crippen LogP contribution in [-0.4, -0.2) is 20.3 Å². The summed E-state index contributed by atoms with van der Waals surface area (Å²) < 4.78 is 11.6. The van der Waals surface area contributed by atoms with Gasteiger partial charge in [0.25, 0.3) is 0 Å². The Morgan fingerprint density at radius 2 is 2.14 bits per heavy atom. The van der Waals surface area contributed by atoms with Crippen molar-refractivity contribution in [2.45, 2.75) is 25.5 Å². The van der Waals surface area contributed by atoms with Crippen LogP contribution in [0.5, 0.6) is 0 Å². The molecule has 2 rings (SSSR count). The molecule has 1 aliphatic heterocycles. The molecule has 0 fully saturated rings. The van der Waals surface area contributed by atoms with Crippen molar-refractivity contribution in [2.75, 3.05) is 5.75 Å². The highest BCUT2D eigenvalue weighted by Gasteiger charge is 2.32. The van der Waals surface area contributed by atoms with Crippen LogP contribution in [0.25, 0.3) is 0 Å². The predicted molar refractivity (Wildman–Crippen MR) is 56.3 cm³/mol. The van der Waals surface area contributed by atoms with Gasteiger partial charge in [0, 0.05) is 12.4 Å². The smallest absolute Gasteiger partial charge is 0.149 e. The fourth-order valence-electron chi connectivity index (χ4n) is 1.80. The van der Waals surface area contributed by atoms with Crippen molar-refractivity contribution in [3.8, 4) is 0 Å². The lowest BCUT2D eigenvalue weighted by atomic mass is 9.93. The monoisotopic (exact) mass is 210 g/mol. The van der Waals surface area contributed by atoms with Crippen molar-refractivity contribution in [1.82, 2.24) is 9.97 Å². The highest BCUT2D eigenvalue weighted by molar-refractivity contribution is 7.90. The summed E-state index contributed by atoms with van der Waals surface area (Å²) in [6.07, 6.45) is 3.40. The summed E-state index contributed by atoms with van der Waals surface area (Å²) in [5.41, 5.74) is 1.98. The first-order chi connectivity index (χ1) is 6.68. The van der Waals surface area contributed by atoms with E-state index >= 15 is 0 Å². The first-order valence-electron chi connectivity index (χ1n) is 4.83. The van der Waals surface area contributed by atoms with Gasteiger partial charge in [-0.1, -0.05) is 13.8 Å². The largest absolute Gasteiger partial charge is 0.616 e. The second-order valence-corrected chi connectivity index (χ2v) is 5.49. The van der Waals surface area contributed by atoms with Crippen molar-refractivity contribution < 1.29 is 4.55 Å². The molecule has 1 aliphatic rings. The predicted octanol–water partition coefficient (Wildman–Crippen LogP) is 1.48. The van der Waals surface area contributed by atoms with Gasteiger partial charge in [0.2, 0.25) is 0 Å². The van der Waals surface area contributed by atoms with Crippen LogP contribution in [0.2, 0.25) is 0 Å². The van der Waals surface area contributed by atoms with Gasteiger partial charge in [-0.3, -0.25) is 9.97 Å². The van der Waals surface area contributed by atoms with E-state index in [1.807, 2.05) is 0 Å². The molecule has 2 heterocycles. The molecule has 0 amide bonds. The Bertz CT molecular complexity index is 330. The van der Waals surface area contributed by atoms with Crippen LogP contribution in [0.1, 0.15) is 31.2 Å². The zero-order chi connectivity index (χ0) is 10.1. The fraction of sp³-hybridized carbons (Fsp3) is 0.600. The van der Waals surface area contributed by atoms with E-state index in [4.69, 9.17) is 0 Å². The second kappa shape index (κ2) is 3.87. The first kappa shape index (κ1) is 9.93. The maximum absolute atomic E-state index is 11.6. The molecule has 1 aromatic heterocycles. The molecule has 2 unspecified atom stereocenters. The van der Waals surface area contributed by atoms with E-state index in [2.05, 4.69) is 23.8 Å². The van der Waals surface area contributed by atoms with E-state index in [0.717, 1.165) is 17.1 Å². The number of nitrogens with zero attached hydrogens (tertiary/aromatic N) is 2. The average Bonchev–Trinajstić information content (AvgIpc) is 2.16. The van der Waals surface area contributed by atoms with Crippen LogP contribution >= 0.6 is 0 Å². The van der Waals surface area contributed by atoms with Gasteiger partial charge in [-0.05, 0) is 17.1 Å². The highest BCUT2D eigenvalue weighted by atomic mass is 32.2. The van der Waals surface area contributed by atoms with Crippen LogP contribution in [-0.2, 0) is 16.9 Å². The third-order valence-electron chi connectivity index (χ3n) is 2.63. The first-order valence-corrected chi connectivity index (χ1v) is 6.32. The van der Waals surface area contributed by atoms with Gasteiger partial charge in [-0.2, -0.15) is 0 Å². The molecule has 0 spiro atoms. The molecule has 4 heteroatoms. The minimum atomic E-state index is -0.755. The Morgan fingerprint density at radius 3 is 2.86 bits per heavy atom. The molecule has 14 heavy (non-hydrogen) atoms. The summed E-state index contributed by atoms with van der Waals surface area (Å²) in [5, 5.41) is 0. The molecule has 0 bridgehead atoms. The second-order valence-electron chi connectivity index (χ2n) is 3.99. The number of hydrogen-bond donors (Lipinski definition) is 0. The molecule has 2 atom stereocenters. The van der Waals surface area contributed by atoms with Crippen molar-refractivity contribution in [2.24, 2.45) is 5.92 Å². The van der Waals surface area contributed by atoms with Crippen LogP contribution in [0.15, 0.2) is 12.4 Å². The third-order valence-corrected chi connectivity index (χ3v) is 3.95. The maximum Gasteiger partial charge on any atom is 0.149 e. The summed E-state index contributed by atoms with van der Waals surface area (Å²) in [5.74, 6) is 2.11. The van der Waals surface area contributed by atoms with E-state index in [0.29, 0.717) is 17.6 Å². The minimum absolute atomic E-state index is 0.313. The van der Waals surface area contributed by atoms with Crippen LogP contribution in [0.3, 0.4) is 0 Å². The van der Waals surface area contributed by atoms with Gasteiger partial charge in [0.1, 0.15) is 17.2 Å². The van der Waals surface area contributed by atoms with Crippen molar-refractivity contribution in [1.29, 1.82) is 0 Å². The summed E-state index contributed by atoms with van der Waals surface area (Å²) in [6.45, 7) is 4.29. The van der Waals surface area contributed by atoms with Gasteiger partial charge in [0.05, 0.1) is 11.6 Å². The molecular formula is C10H14N2OS. The molecular weight excluding hydrogens is 196 g/mol. The maximum atomic E-state index is 11.6. The molecule has 0 N–H and O–H groups in total. The number of hydrogen-bond acceptors (Lipinski definition) is 3. The van der Waals surface area contributed by atoms with Crippen molar-refractivity contribution in [3.05, 3.63) is 23.8 Å². The Hall–Kier alpha value is -0.610. The molecule has 0 aliphatic carbocycles. The number of fused-ring (bicyclic) bond motifs is 1. The zero-order valence-corrected chi connectivity index (χ0v) is 9.25. The Balaban J connectivity index is 2.38. The lowest BCUT2D eigenvalue weighted by molar-refractivity contribution is 0.496. The number of aromatic nitrogens is 2. The van der Waals surface area contributed by atoms with E-state index in [1.165, 1.54) is 0 Å². The number of rotatable bonds is 1. The Morgan fingerprint density at radius 1 is 1.43 bits per heavy atom. The summed E-state index contributed by atoms with van der Waals surface area (Å²) in [7, 11) is 0. The minimum Gasteiger partial charge on any atom is -0.616 e. The standard InChI is InChI=1S/C10H14N2OS/c1-7(2)8-5-14(13)6-9-10(8)12-4-3-11-9/h3-4,7-8H,5-6H2,1-2H3. The highest BCUT2D eigenvalue weighted by Crippen LogP contribution is 2.31. The lowest BCUT2D eigenvalue weighted by Gasteiger charge is -2.27. The van der Waals surface area contributed by atoms with Crippen molar-refractivity contribution in [3.63, 3.8) is 0 Å². The van der Waals surface area contributed by atoms with Crippen LogP contribution in [0.4, 0.5) is 0 Å². The SMILES string of the molecule is CC(C)C1C[S+]([O-])Cc2nccnc21. The van der Waals surface area contributed by atoms with Gasteiger partial charge in [0.15, 0.2) is 0 Å². The van der Waals surface area contributed by atoms with E-state index < -0.39 is 11.2 Å². The molecule has 3 nitrogen and oxygen atoms in total. The normalized spacial score (nSPS) is 26.3. The molecule has 1 aromatic rings. The van der Waals surface area contributed by atoms with Crippen molar-refractivity contribution >= 4 is 11.2 Å². The summed E-state index contributed by atoms with van der Waals surface area (Å²) >= 11 is -0.755. The van der Waals surface area contributed by atoms with Gasteiger partial charge in [-0.15, -0.1) is 0 Å². The van der Waals surface area contributed by atoms with Gasteiger partial charge >= 0.3 is 0 Å². The molecule has 0 aromatic carbocycles. The van der Waals surface area contributed by atoms with E-state index in [1.54, 1.807) is 12.4 Å². The van der Waals surface area contributed by atoms with Crippen LogP contribution < -0.4 is 0 Å². The van der Waals surface area contributed by atoms with Crippen LogP contribution in [0, 0.1) is 5.92 Å². The average molecular weight is 210 g/mol. The van der Waals surface area contributed by atoms with Gasteiger partial charge in [-0.25, -0.2) is 0 Å². The lowest BCUT2D eigenvalue weighted by Crippen LogP contribution is -2.28. The molecule has 0 radical (unpaired) electrons. The molecule has 0 saturated heterocycles.